The minimum atomic E-state index is -0.00668. The number of nitrogens with one attached hydrogen (secondary N) is 1. The van der Waals surface area contributed by atoms with Crippen LogP contribution in [0.15, 0.2) is 16.6 Å². The summed E-state index contributed by atoms with van der Waals surface area (Å²) in [5, 5.41) is 3.48. The van der Waals surface area contributed by atoms with Gasteiger partial charge in [0.05, 0.1) is 11.2 Å². The Labute approximate surface area is 105 Å². The Balaban J connectivity index is 2.15. The van der Waals surface area contributed by atoms with Crippen LogP contribution < -0.4 is 11.1 Å². The third-order valence-electron chi connectivity index (χ3n) is 3.34. The summed E-state index contributed by atoms with van der Waals surface area (Å²) in [7, 11) is 0. The van der Waals surface area contributed by atoms with Crippen molar-refractivity contribution in [1.29, 1.82) is 0 Å². The number of hydrogen-bond acceptors (Lipinski definition) is 3. The minimum Gasteiger partial charge on any atom is -0.363 e. The van der Waals surface area contributed by atoms with Crippen molar-refractivity contribution in [3.8, 4) is 0 Å². The van der Waals surface area contributed by atoms with Crippen molar-refractivity contribution in [2.45, 2.75) is 32.2 Å². The molecule has 0 aliphatic heterocycles. The molecule has 1 saturated carbocycles. The summed E-state index contributed by atoms with van der Waals surface area (Å²) in [6.07, 6.45) is 2.55. The Morgan fingerprint density at radius 2 is 2.25 bits per heavy atom. The summed E-state index contributed by atoms with van der Waals surface area (Å²) in [5.41, 5.74) is 6.86. The van der Waals surface area contributed by atoms with Crippen molar-refractivity contribution < 1.29 is 0 Å². The van der Waals surface area contributed by atoms with Crippen LogP contribution in [0.3, 0.4) is 0 Å². The fourth-order valence-electron chi connectivity index (χ4n) is 1.95. The predicted octanol–water partition coefficient (Wildman–Crippen LogP) is 2.69. The maximum absolute atomic E-state index is 5.86. The fraction of sp³-hybridized carbons (Fsp3) is 0.583. The van der Waals surface area contributed by atoms with Gasteiger partial charge in [-0.25, -0.2) is 4.98 Å². The van der Waals surface area contributed by atoms with Crippen molar-refractivity contribution in [2.75, 3.05) is 11.9 Å². The van der Waals surface area contributed by atoms with Gasteiger partial charge in [0.1, 0.15) is 5.82 Å². The first-order chi connectivity index (χ1) is 7.55. The molecule has 1 aromatic rings. The van der Waals surface area contributed by atoms with Crippen molar-refractivity contribution in [1.82, 2.24) is 4.98 Å². The van der Waals surface area contributed by atoms with Crippen LogP contribution in [0.2, 0.25) is 0 Å². The molecule has 1 fully saturated rings. The quantitative estimate of drug-likeness (QED) is 0.893. The molecule has 1 aromatic heterocycles. The smallest absolute Gasteiger partial charge is 0.126 e. The van der Waals surface area contributed by atoms with Crippen LogP contribution in [-0.2, 0) is 0 Å². The molecule has 0 saturated heterocycles. The molecule has 88 valence electrons. The zero-order valence-electron chi connectivity index (χ0n) is 9.76. The van der Waals surface area contributed by atoms with E-state index < -0.39 is 0 Å². The second kappa shape index (κ2) is 4.34. The zero-order valence-corrected chi connectivity index (χ0v) is 11.3. The molecule has 0 aromatic carbocycles. The van der Waals surface area contributed by atoms with Gasteiger partial charge in [0, 0.05) is 11.0 Å². The van der Waals surface area contributed by atoms with Crippen molar-refractivity contribution in [3.63, 3.8) is 0 Å². The van der Waals surface area contributed by atoms with E-state index >= 15 is 0 Å². The average molecular weight is 284 g/mol. The average Bonchev–Trinajstić information content (AvgIpc) is 3.07. The van der Waals surface area contributed by atoms with E-state index in [2.05, 4.69) is 33.2 Å². The topological polar surface area (TPSA) is 50.9 Å². The van der Waals surface area contributed by atoms with Crippen molar-refractivity contribution in [3.05, 3.63) is 22.3 Å². The van der Waals surface area contributed by atoms with E-state index in [0.29, 0.717) is 12.5 Å². The molecular weight excluding hydrogens is 266 g/mol. The maximum atomic E-state index is 5.86. The molecule has 0 spiro atoms. The Bertz CT molecular complexity index is 390. The molecule has 1 aliphatic rings. The lowest BCUT2D eigenvalue weighted by atomic mass is 9.96. The van der Waals surface area contributed by atoms with E-state index in [4.69, 9.17) is 5.73 Å². The number of nitrogens with two attached hydrogens (primary N) is 1. The molecule has 2 rings (SSSR count). The lowest BCUT2D eigenvalue weighted by Gasteiger charge is -2.30. The van der Waals surface area contributed by atoms with E-state index in [1.54, 1.807) is 0 Å². The van der Waals surface area contributed by atoms with Crippen molar-refractivity contribution >= 4 is 21.7 Å². The molecular formula is C12H18BrN3. The first-order valence-electron chi connectivity index (χ1n) is 5.66. The van der Waals surface area contributed by atoms with Gasteiger partial charge >= 0.3 is 0 Å². The van der Waals surface area contributed by atoms with Gasteiger partial charge in [-0.2, -0.15) is 0 Å². The van der Waals surface area contributed by atoms with Gasteiger partial charge in [-0.3, -0.25) is 0 Å². The standard InChI is InChI=1S/C12H18BrN3/c1-8-10(13)5-6-11(15-8)16-12(2,7-14)9-3-4-9/h5-6,9H,3-4,7,14H2,1-2H3,(H,15,16). The van der Waals surface area contributed by atoms with Crippen LogP contribution in [0.1, 0.15) is 25.5 Å². The van der Waals surface area contributed by atoms with Gasteiger partial charge in [0.2, 0.25) is 0 Å². The molecule has 3 N–H and O–H groups in total. The minimum absolute atomic E-state index is 0.00668. The number of anilines is 1. The van der Waals surface area contributed by atoms with E-state index in [9.17, 15) is 0 Å². The molecule has 16 heavy (non-hydrogen) atoms. The normalized spacial score (nSPS) is 19.2. The number of nitrogens with zero attached hydrogens (tertiary/aromatic N) is 1. The van der Waals surface area contributed by atoms with Crippen LogP contribution >= 0.6 is 15.9 Å². The molecule has 1 heterocycles. The largest absolute Gasteiger partial charge is 0.363 e. The fourth-order valence-corrected chi connectivity index (χ4v) is 2.17. The summed E-state index contributed by atoms with van der Waals surface area (Å²) in [5.74, 6) is 1.61. The molecule has 1 atom stereocenters. The SMILES string of the molecule is Cc1nc(NC(C)(CN)C2CC2)ccc1Br. The highest BCUT2D eigenvalue weighted by molar-refractivity contribution is 9.10. The third-order valence-corrected chi connectivity index (χ3v) is 4.18. The zero-order chi connectivity index (χ0) is 11.8. The highest BCUT2D eigenvalue weighted by atomic mass is 79.9. The summed E-state index contributed by atoms with van der Waals surface area (Å²) in [6.45, 7) is 4.82. The molecule has 0 amide bonds. The summed E-state index contributed by atoms with van der Waals surface area (Å²) in [4.78, 5) is 4.50. The number of halogens is 1. The first-order valence-corrected chi connectivity index (χ1v) is 6.46. The number of aromatic nitrogens is 1. The Kier molecular flexibility index (Phi) is 3.22. The number of hydrogen-bond donors (Lipinski definition) is 2. The Morgan fingerprint density at radius 1 is 1.56 bits per heavy atom. The molecule has 1 unspecified atom stereocenters. The van der Waals surface area contributed by atoms with Gasteiger partial charge in [-0.15, -0.1) is 0 Å². The molecule has 0 bridgehead atoms. The molecule has 0 radical (unpaired) electrons. The highest BCUT2D eigenvalue weighted by Crippen LogP contribution is 2.40. The third kappa shape index (κ3) is 2.38. The summed E-state index contributed by atoms with van der Waals surface area (Å²) < 4.78 is 1.04. The van der Waals surface area contributed by atoms with Gasteiger partial charge in [0.25, 0.3) is 0 Å². The lowest BCUT2D eigenvalue weighted by molar-refractivity contribution is 0.458. The predicted molar refractivity (Wildman–Crippen MR) is 70.5 cm³/mol. The van der Waals surface area contributed by atoms with E-state index in [-0.39, 0.29) is 5.54 Å². The molecule has 1 aliphatic carbocycles. The Hall–Kier alpha value is -0.610. The molecule has 4 heteroatoms. The summed E-state index contributed by atoms with van der Waals surface area (Å²) in [6, 6.07) is 4.02. The van der Waals surface area contributed by atoms with E-state index in [1.165, 1.54) is 12.8 Å². The van der Waals surface area contributed by atoms with E-state index in [1.807, 2.05) is 19.1 Å². The molecule has 3 nitrogen and oxygen atoms in total. The van der Waals surface area contributed by atoms with Gasteiger partial charge < -0.3 is 11.1 Å². The summed E-state index contributed by atoms with van der Waals surface area (Å²) >= 11 is 3.45. The van der Waals surface area contributed by atoms with Crippen LogP contribution in [0.4, 0.5) is 5.82 Å². The first kappa shape index (κ1) is 11.9. The van der Waals surface area contributed by atoms with Crippen LogP contribution in [0.25, 0.3) is 0 Å². The lowest BCUT2D eigenvalue weighted by Crippen LogP contribution is -2.44. The number of rotatable bonds is 4. The highest BCUT2D eigenvalue weighted by Gasteiger charge is 2.40. The van der Waals surface area contributed by atoms with Gasteiger partial charge in [-0.1, -0.05) is 0 Å². The van der Waals surface area contributed by atoms with E-state index in [0.717, 1.165) is 16.0 Å². The van der Waals surface area contributed by atoms with Crippen LogP contribution in [-0.4, -0.2) is 17.1 Å². The second-order valence-electron chi connectivity index (χ2n) is 4.78. The monoisotopic (exact) mass is 283 g/mol. The van der Waals surface area contributed by atoms with Gasteiger partial charge in [-0.05, 0) is 60.7 Å². The van der Waals surface area contributed by atoms with Crippen LogP contribution in [0.5, 0.6) is 0 Å². The van der Waals surface area contributed by atoms with Gasteiger partial charge in [0.15, 0.2) is 0 Å². The van der Waals surface area contributed by atoms with Crippen molar-refractivity contribution in [2.24, 2.45) is 11.7 Å². The second-order valence-corrected chi connectivity index (χ2v) is 5.64. The number of pyridine rings is 1. The maximum Gasteiger partial charge on any atom is 0.126 e. The van der Waals surface area contributed by atoms with Crippen LogP contribution in [0, 0.1) is 12.8 Å². The number of aryl methyl sites for hydroxylation is 1. The Morgan fingerprint density at radius 3 is 2.75 bits per heavy atom.